The summed E-state index contributed by atoms with van der Waals surface area (Å²) in [5.41, 5.74) is 5.05. The molecule has 0 saturated heterocycles. The van der Waals surface area contributed by atoms with Crippen LogP contribution >= 0.6 is 0 Å². The summed E-state index contributed by atoms with van der Waals surface area (Å²) in [7, 11) is -3.22. The molecule has 2 unspecified atom stereocenters. The van der Waals surface area contributed by atoms with Crippen molar-refractivity contribution in [2.75, 3.05) is 12.3 Å². The first kappa shape index (κ1) is 23.5. The van der Waals surface area contributed by atoms with Gasteiger partial charge in [-0.25, -0.2) is 13.1 Å². The van der Waals surface area contributed by atoms with Gasteiger partial charge in [0.05, 0.1) is 12.3 Å². The number of benzene rings is 2. The lowest BCUT2D eigenvalue weighted by Crippen LogP contribution is -2.42. The number of rotatable bonds is 8. The molecule has 5 heteroatoms. The highest BCUT2D eigenvalue weighted by molar-refractivity contribution is 7.89. The zero-order valence-electron chi connectivity index (χ0n) is 18.8. The molecule has 0 spiro atoms. The van der Waals surface area contributed by atoms with Gasteiger partial charge in [0.25, 0.3) is 0 Å². The second-order valence-corrected chi connectivity index (χ2v) is 10.5. The van der Waals surface area contributed by atoms with Crippen LogP contribution in [-0.2, 0) is 22.9 Å². The first-order valence-corrected chi connectivity index (χ1v) is 12.9. The van der Waals surface area contributed by atoms with E-state index in [-0.39, 0.29) is 12.3 Å². The van der Waals surface area contributed by atoms with E-state index in [1.165, 1.54) is 16.7 Å². The molecule has 3 rings (SSSR count). The van der Waals surface area contributed by atoms with E-state index in [9.17, 15) is 8.42 Å². The first-order chi connectivity index (χ1) is 14.9. The number of hydrogen-bond acceptors (Lipinski definition) is 3. The SMILES string of the molecule is CCCS(=O)(=O)NCC#Cc1ccc2c(c1)C(Cc1ccccc1)C(NC(C)C)CC2. The number of hydrogen-bond donors (Lipinski definition) is 2. The number of fused-ring (bicyclic) bond motifs is 1. The van der Waals surface area contributed by atoms with E-state index in [1.807, 2.05) is 6.92 Å². The molecule has 0 radical (unpaired) electrons. The Bertz CT molecular complexity index is 1020. The second kappa shape index (κ2) is 10.9. The number of aryl methyl sites for hydroxylation is 1. The average molecular weight is 439 g/mol. The Hall–Kier alpha value is -2.13. The zero-order valence-corrected chi connectivity index (χ0v) is 19.6. The lowest BCUT2D eigenvalue weighted by Gasteiger charge is -2.36. The second-order valence-electron chi connectivity index (χ2n) is 8.62. The van der Waals surface area contributed by atoms with Gasteiger partial charge in [0.15, 0.2) is 0 Å². The van der Waals surface area contributed by atoms with E-state index in [1.54, 1.807) is 0 Å². The van der Waals surface area contributed by atoms with Crippen LogP contribution in [0, 0.1) is 11.8 Å². The van der Waals surface area contributed by atoms with Crippen molar-refractivity contribution in [1.82, 2.24) is 10.0 Å². The summed E-state index contributed by atoms with van der Waals surface area (Å²) < 4.78 is 26.1. The molecule has 1 aliphatic rings. The van der Waals surface area contributed by atoms with Gasteiger partial charge in [0.2, 0.25) is 10.0 Å². The van der Waals surface area contributed by atoms with Crippen LogP contribution in [0.3, 0.4) is 0 Å². The fraction of sp³-hybridized carbons (Fsp3) is 0.462. The maximum Gasteiger partial charge on any atom is 0.212 e. The molecule has 0 saturated carbocycles. The monoisotopic (exact) mass is 438 g/mol. The van der Waals surface area contributed by atoms with E-state index >= 15 is 0 Å². The van der Waals surface area contributed by atoms with Gasteiger partial charge in [0, 0.05) is 23.6 Å². The minimum Gasteiger partial charge on any atom is -0.311 e. The molecular formula is C26H34N2O2S. The molecule has 0 fully saturated rings. The van der Waals surface area contributed by atoms with E-state index < -0.39 is 10.0 Å². The normalized spacial score (nSPS) is 18.3. The largest absolute Gasteiger partial charge is 0.311 e. The molecule has 1 aliphatic carbocycles. The molecule has 31 heavy (non-hydrogen) atoms. The Labute approximate surface area is 187 Å². The highest BCUT2D eigenvalue weighted by Gasteiger charge is 2.30. The molecule has 2 N–H and O–H groups in total. The minimum atomic E-state index is -3.22. The molecule has 0 heterocycles. The molecule has 2 aromatic rings. The zero-order chi connectivity index (χ0) is 22.3. The van der Waals surface area contributed by atoms with Gasteiger partial charge in [-0.05, 0) is 54.5 Å². The third-order valence-corrected chi connectivity index (χ3v) is 7.22. The third-order valence-electron chi connectivity index (χ3n) is 5.69. The fourth-order valence-electron chi connectivity index (χ4n) is 4.36. The predicted octanol–water partition coefficient (Wildman–Crippen LogP) is 4.01. The smallest absolute Gasteiger partial charge is 0.212 e. The maximum atomic E-state index is 11.8. The minimum absolute atomic E-state index is 0.138. The van der Waals surface area contributed by atoms with E-state index in [4.69, 9.17) is 0 Å². The Balaban J connectivity index is 1.82. The summed E-state index contributed by atoms with van der Waals surface area (Å²) in [6, 6.07) is 18.0. The van der Waals surface area contributed by atoms with E-state index in [0.717, 1.165) is 24.8 Å². The van der Waals surface area contributed by atoms with Crippen LogP contribution in [0.5, 0.6) is 0 Å². The summed E-state index contributed by atoms with van der Waals surface area (Å²) in [6.45, 7) is 6.41. The molecule has 0 amide bonds. The highest BCUT2D eigenvalue weighted by Crippen LogP contribution is 2.35. The Morgan fingerprint density at radius 3 is 2.61 bits per heavy atom. The van der Waals surface area contributed by atoms with Crippen molar-refractivity contribution >= 4 is 10.0 Å². The van der Waals surface area contributed by atoms with Gasteiger partial charge in [-0.15, -0.1) is 0 Å². The first-order valence-electron chi connectivity index (χ1n) is 11.3. The molecule has 0 bridgehead atoms. The van der Waals surface area contributed by atoms with E-state index in [0.29, 0.717) is 24.4 Å². The van der Waals surface area contributed by atoms with Gasteiger partial charge in [-0.3, -0.25) is 0 Å². The van der Waals surface area contributed by atoms with Crippen molar-refractivity contribution in [3.63, 3.8) is 0 Å². The fourth-order valence-corrected chi connectivity index (χ4v) is 5.33. The summed E-state index contributed by atoms with van der Waals surface area (Å²) in [6.07, 6.45) is 3.79. The lowest BCUT2D eigenvalue weighted by atomic mass is 9.75. The van der Waals surface area contributed by atoms with E-state index in [2.05, 4.69) is 84.3 Å². The summed E-state index contributed by atoms with van der Waals surface area (Å²) >= 11 is 0. The molecule has 2 atom stereocenters. The van der Waals surface area contributed by atoms with Gasteiger partial charge in [-0.1, -0.05) is 69.0 Å². The van der Waals surface area contributed by atoms with Crippen LogP contribution in [-0.4, -0.2) is 32.8 Å². The molecule has 4 nitrogen and oxygen atoms in total. The van der Waals surface area contributed by atoms with Crippen molar-refractivity contribution in [2.24, 2.45) is 0 Å². The van der Waals surface area contributed by atoms with Crippen LogP contribution in [0.2, 0.25) is 0 Å². The number of sulfonamides is 1. The summed E-state index contributed by atoms with van der Waals surface area (Å²) in [4.78, 5) is 0. The van der Waals surface area contributed by atoms with Gasteiger partial charge in [-0.2, -0.15) is 0 Å². The van der Waals surface area contributed by atoms with Crippen LogP contribution in [0.1, 0.15) is 61.8 Å². The Morgan fingerprint density at radius 2 is 1.90 bits per heavy atom. The molecule has 2 aromatic carbocycles. The number of nitrogens with one attached hydrogen (secondary N) is 2. The maximum absolute atomic E-state index is 11.8. The van der Waals surface area contributed by atoms with Crippen molar-refractivity contribution < 1.29 is 8.42 Å². The summed E-state index contributed by atoms with van der Waals surface area (Å²) in [5, 5.41) is 3.78. The standard InChI is InChI=1S/C26H34N2O2S/c1-4-17-31(29,30)27-16-8-11-22-12-13-23-14-15-26(28-20(2)3)25(24(23)18-22)19-21-9-6-5-7-10-21/h5-7,9-10,12-13,18,20,25-28H,4,14-17,19H2,1-3H3. The van der Waals surface area contributed by atoms with Crippen LogP contribution in [0.4, 0.5) is 0 Å². The molecule has 0 aliphatic heterocycles. The van der Waals surface area contributed by atoms with Gasteiger partial charge < -0.3 is 5.32 Å². The van der Waals surface area contributed by atoms with Gasteiger partial charge in [0.1, 0.15) is 0 Å². The van der Waals surface area contributed by atoms with Crippen LogP contribution < -0.4 is 10.0 Å². The summed E-state index contributed by atoms with van der Waals surface area (Å²) in [5.74, 6) is 6.65. The Morgan fingerprint density at radius 1 is 1.13 bits per heavy atom. The van der Waals surface area contributed by atoms with Crippen molar-refractivity contribution in [3.05, 3.63) is 70.8 Å². The van der Waals surface area contributed by atoms with Crippen LogP contribution in [0.15, 0.2) is 48.5 Å². The molecular weight excluding hydrogens is 404 g/mol. The quantitative estimate of drug-likeness (QED) is 0.613. The topological polar surface area (TPSA) is 58.2 Å². The lowest BCUT2D eigenvalue weighted by molar-refractivity contribution is 0.359. The molecule has 166 valence electrons. The predicted molar refractivity (Wildman–Crippen MR) is 129 cm³/mol. The van der Waals surface area contributed by atoms with Gasteiger partial charge >= 0.3 is 0 Å². The van der Waals surface area contributed by atoms with Crippen LogP contribution in [0.25, 0.3) is 0 Å². The van der Waals surface area contributed by atoms with Crippen molar-refractivity contribution in [1.29, 1.82) is 0 Å². The Kier molecular flexibility index (Phi) is 8.31. The molecule has 0 aromatic heterocycles. The van der Waals surface area contributed by atoms with Crippen molar-refractivity contribution in [3.8, 4) is 11.8 Å². The highest BCUT2D eigenvalue weighted by atomic mass is 32.2. The third kappa shape index (κ3) is 6.93. The average Bonchev–Trinajstić information content (AvgIpc) is 2.73. The van der Waals surface area contributed by atoms with Crippen molar-refractivity contribution in [2.45, 2.75) is 64.5 Å².